The molecule has 0 spiro atoms. The summed E-state index contributed by atoms with van der Waals surface area (Å²) in [5.74, 6) is 1.03. The van der Waals surface area contributed by atoms with Gasteiger partial charge in [-0.05, 0) is 79.4 Å². The first-order valence-corrected chi connectivity index (χ1v) is 12.1. The number of hydrogen-bond donors (Lipinski definition) is 1. The molecule has 4 fully saturated rings. The van der Waals surface area contributed by atoms with Crippen LogP contribution in [0.2, 0.25) is 0 Å². The van der Waals surface area contributed by atoms with Gasteiger partial charge in [-0.2, -0.15) is 0 Å². The minimum Gasteiger partial charge on any atom is -0.481 e. The molecule has 0 aromatic rings. The van der Waals surface area contributed by atoms with E-state index in [2.05, 4.69) is 13.8 Å². The van der Waals surface area contributed by atoms with Crippen LogP contribution >= 0.6 is 0 Å². The van der Waals surface area contributed by atoms with E-state index in [1.807, 2.05) is 0 Å². The zero-order valence-electron chi connectivity index (χ0n) is 18.9. The van der Waals surface area contributed by atoms with E-state index in [0.29, 0.717) is 29.5 Å². The Morgan fingerprint density at radius 3 is 2.45 bits per heavy atom. The van der Waals surface area contributed by atoms with Crippen molar-refractivity contribution < 1.29 is 29.0 Å². The van der Waals surface area contributed by atoms with Crippen molar-refractivity contribution >= 4 is 23.5 Å². The lowest BCUT2D eigenvalue weighted by Gasteiger charge is -2.60. The first-order chi connectivity index (χ1) is 14.6. The number of esters is 1. The van der Waals surface area contributed by atoms with Crippen LogP contribution < -0.4 is 0 Å². The third-order valence-corrected chi connectivity index (χ3v) is 9.79. The second kappa shape index (κ2) is 8.32. The summed E-state index contributed by atoms with van der Waals surface area (Å²) in [5.41, 5.74) is 0.222. The fourth-order valence-corrected chi connectivity index (χ4v) is 8.11. The molecule has 31 heavy (non-hydrogen) atoms. The average Bonchev–Trinajstić information content (AvgIpc) is 3.08. The van der Waals surface area contributed by atoms with Crippen molar-refractivity contribution in [1.29, 1.82) is 0 Å². The molecule has 4 saturated carbocycles. The van der Waals surface area contributed by atoms with Crippen molar-refractivity contribution in [3.8, 4) is 0 Å². The molecule has 0 unspecified atom stereocenters. The third-order valence-electron chi connectivity index (χ3n) is 9.79. The molecule has 4 rings (SSSR count). The molecule has 7 atom stereocenters. The van der Waals surface area contributed by atoms with Gasteiger partial charge in [0.25, 0.3) is 0 Å². The fourth-order valence-electron chi connectivity index (χ4n) is 8.11. The maximum absolute atomic E-state index is 13.0. The molecule has 0 radical (unpaired) electrons. The van der Waals surface area contributed by atoms with E-state index in [1.54, 1.807) is 0 Å². The summed E-state index contributed by atoms with van der Waals surface area (Å²) in [6, 6.07) is 0. The van der Waals surface area contributed by atoms with E-state index >= 15 is 0 Å². The number of carbonyl (C=O) groups excluding carboxylic acids is 3. The van der Waals surface area contributed by atoms with Gasteiger partial charge in [-0.1, -0.05) is 13.8 Å². The van der Waals surface area contributed by atoms with Gasteiger partial charge in [0.1, 0.15) is 12.4 Å². The summed E-state index contributed by atoms with van der Waals surface area (Å²) < 4.78 is 5.11. The van der Waals surface area contributed by atoms with Crippen LogP contribution in [0.25, 0.3) is 0 Å². The van der Waals surface area contributed by atoms with Crippen molar-refractivity contribution in [1.82, 2.24) is 0 Å². The number of carbonyl (C=O) groups is 4. The lowest BCUT2D eigenvalue weighted by Crippen LogP contribution is -2.54. The largest absolute Gasteiger partial charge is 0.481 e. The Hall–Kier alpha value is -1.72. The Morgan fingerprint density at radius 1 is 0.968 bits per heavy atom. The number of hydrogen-bond acceptors (Lipinski definition) is 5. The van der Waals surface area contributed by atoms with Crippen molar-refractivity contribution in [2.45, 2.75) is 84.5 Å². The summed E-state index contributed by atoms with van der Waals surface area (Å²) in [6.07, 6.45) is 8.41. The van der Waals surface area contributed by atoms with Crippen molar-refractivity contribution in [3.63, 3.8) is 0 Å². The summed E-state index contributed by atoms with van der Waals surface area (Å²) in [7, 11) is 0. The lowest BCUT2D eigenvalue weighted by atomic mass is 9.44. The Labute approximate surface area is 184 Å². The van der Waals surface area contributed by atoms with Gasteiger partial charge in [0, 0.05) is 18.8 Å². The van der Waals surface area contributed by atoms with E-state index in [9.17, 15) is 19.2 Å². The molecule has 0 heterocycles. The summed E-state index contributed by atoms with van der Waals surface area (Å²) in [5, 5.41) is 8.68. The van der Waals surface area contributed by atoms with Gasteiger partial charge in [-0.3, -0.25) is 19.2 Å². The topological polar surface area (TPSA) is 97.7 Å². The first kappa shape index (κ1) is 22.5. The summed E-state index contributed by atoms with van der Waals surface area (Å²) >= 11 is 0. The number of ether oxygens (including phenoxy) is 1. The molecular weight excluding hydrogens is 396 g/mol. The van der Waals surface area contributed by atoms with Crippen LogP contribution in [0.15, 0.2) is 0 Å². The highest BCUT2D eigenvalue weighted by Crippen LogP contribution is 2.67. The number of fused-ring (bicyclic) bond motifs is 5. The Balaban J connectivity index is 1.41. The molecule has 0 aromatic heterocycles. The van der Waals surface area contributed by atoms with E-state index in [4.69, 9.17) is 9.84 Å². The van der Waals surface area contributed by atoms with Gasteiger partial charge in [0.05, 0.1) is 12.8 Å². The first-order valence-electron chi connectivity index (χ1n) is 12.1. The molecule has 0 bridgehead atoms. The Morgan fingerprint density at radius 2 is 1.71 bits per heavy atom. The van der Waals surface area contributed by atoms with Gasteiger partial charge in [0.2, 0.25) is 0 Å². The zero-order chi connectivity index (χ0) is 22.4. The molecule has 0 saturated heterocycles. The number of carboxylic acid groups (broad SMARTS) is 1. The van der Waals surface area contributed by atoms with Crippen molar-refractivity contribution in [3.05, 3.63) is 0 Å². The Kier molecular flexibility index (Phi) is 6.04. The Bertz CT molecular complexity index is 774. The molecule has 6 heteroatoms. The zero-order valence-corrected chi connectivity index (χ0v) is 18.9. The maximum Gasteiger partial charge on any atom is 0.306 e. The summed E-state index contributed by atoms with van der Waals surface area (Å²) in [6.45, 7) is 4.47. The minimum absolute atomic E-state index is 0.00437. The number of Topliss-reactive ketones (excluding diaryl/α,β-unsaturated/α-hetero) is 2. The van der Waals surface area contributed by atoms with Crippen LogP contribution in [0.1, 0.15) is 84.5 Å². The smallest absolute Gasteiger partial charge is 0.306 e. The van der Waals surface area contributed by atoms with E-state index in [-0.39, 0.29) is 42.0 Å². The number of rotatable bonds is 6. The van der Waals surface area contributed by atoms with Crippen LogP contribution in [0.4, 0.5) is 0 Å². The molecule has 0 amide bonds. The standard InChI is InChI=1S/C25H36O6/c1-24-11-9-16(26)13-15(24)3-4-17-18-5-6-20(25(18,2)12-10-19(17)24)21(27)14-31-23(30)8-7-22(28)29/h15,17-20H,3-14H2,1-2H3,(H,28,29)/t15-,17-,18+,19-,20+,24+,25+/m1/s1. The number of ketones is 2. The molecule has 172 valence electrons. The van der Waals surface area contributed by atoms with Crippen LogP contribution in [0.5, 0.6) is 0 Å². The fraction of sp³-hybridized carbons (Fsp3) is 0.840. The SMILES string of the molecule is C[C@]12CCC(=O)C[C@H]1CC[C@H]1[C@H]2CC[C@]2(C)[C@H](C(=O)COC(=O)CCC(=O)O)CC[C@@H]12. The van der Waals surface area contributed by atoms with Gasteiger partial charge in [0.15, 0.2) is 5.78 Å². The third kappa shape index (κ3) is 3.95. The number of carboxylic acids is 1. The quantitative estimate of drug-likeness (QED) is 0.632. The van der Waals surface area contributed by atoms with Gasteiger partial charge >= 0.3 is 11.9 Å². The maximum atomic E-state index is 13.0. The monoisotopic (exact) mass is 432 g/mol. The highest BCUT2D eigenvalue weighted by atomic mass is 16.5. The molecule has 0 aliphatic heterocycles. The molecule has 6 nitrogen and oxygen atoms in total. The van der Waals surface area contributed by atoms with Gasteiger partial charge < -0.3 is 9.84 Å². The second-order valence-electron chi connectivity index (χ2n) is 11.1. The number of aliphatic carboxylic acids is 1. The van der Waals surface area contributed by atoms with E-state index in [1.165, 1.54) is 6.42 Å². The minimum atomic E-state index is -1.04. The van der Waals surface area contributed by atoms with Gasteiger partial charge in [-0.15, -0.1) is 0 Å². The highest BCUT2D eigenvalue weighted by molar-refractivity contribution is 5.86. The van der Waals surface area contributed by atoms with Crippen LogP contribution in [0.3, 0.4) is 0 Å². The molecular formula is C25H36O6. The molecule has 4 aliphatic carbocycles. The molecule has 4 aliphatic rings. The lowest BCUT2D eigenvalue weighted by molar-refractivity contribution is -0.154. The average molecular weight is 433 g/mol. The van der Waals surface area contributed by atoms with E-state index in [0.717, 1.165) is 51.4 Å². The predicted octanol–water partition coefficient (Wildman–Crippen LogP) is 4.19. The normalized spacial score (nSPS) is 41.6. The summed E-state index contributed by atoms with van der Waals surface area (Å²) in [4.78, 5) is 47.4. The predicted molar refractivity (Wildman–Crippen MR) is 113 cm³/mol. The molecule has 1 N–H and O–H groups in total. The van der Waals surface area contributed by atoms with Gasteiger partial charge in [-0.25, -0.2) is 0 Å². The highest BCUT2D eigenvalue weighted by Gasteiger charge is 2.61. The second-order valence-corrected chi connectivity index (χ2v) is 11.1. The van der Waals surface area contributed by atoms with E-state index < -0.39 is 11.9 Å². The molecule has 0 aromatic carbocycles. The van der Waals surface area contributed by atoms with Crippen LogP contribution in [0, 0.1) is 40.4 Å². The van der Waals surface area contributed by atoms with Crippen molar-refractivity contribution in [2.24, 2.45) is 40.4 Å². The van der Waals surface area contributed by atoms with Crippen molar-refractivity contribution in [2.75, 3.05) is 6.61 Å². The van der Waals surface area contributed by atoms with Crippen LogP contribution in [-0.2, 0) is 23.9 Å². The van der Waals surface area contributed by atoms with Crippen LogP contribution in [-0.4, -0.2) is 35.2 Å².